The van der Waals surface area contributed by atoms with Crippen LogP contribution in [0.15, 0.2) is 41.3 Å². The summed E-state index contributed by atoms with van der Waals surface area (Å²) in [6.07, 6.45) is 1.45. The lowest BCUT2D eigenvalue weighted by molar-refractivity contribution is -0.384. The highest BCUT2D eigenvalue weighted by Crippen LogP contribution is 2.41. The fourth-order valence-corrected chi connectivity index (χ4v) is 5.98. The zero-order valence-electron chi connectivity index (χ0n) is 19.3. The average molecular weight is 492 g/mol. The van der Waals surface area contributed by atoms with E-state index in [2.05, 4.69) is 5.32 Å². The first-order chi connectivity index (χ1) is 16.3. The monoisotopic (exact) mass is 491 g/mol. The van der Waals surface area contributed by atoms with E-state index in [1.807, 2.05) is 18.2 Å². The molecule has 0 amide bonds. The number of hydrogen-bond donors (Lipinski definition) is 1. The fraction of sp³-hybridized carbons (Fsp3) is 0.478. The first-order valence-electron chi connectivity index (χ1n) is 11.3. The van der Waals surface area contributed by atoms with Crippen LogP contribution >= 0.6 is 0 Å². The van der Waals surface area contributed by atoms with Gasteiger partial charge in [-0.15, -0.1) is 0 Å². The Bertz CT molecular complexity index is 1160. The number of benzene rings is 2. The summed E-state index contributed by atoms with van der Waals surface area (Å²) in [4.78, 5) is 11.2. The average Bonchev–Trinajstić information content (AvgIpc) is 3.32. The van der Waals surface area contributed by atoms with E-state index in [0.29, 0.717) is 31.3 Å². The van der Waals surface area contributed by atoms with Crippen molar-refractivity contribution in [2.45, 2.75) is 37.0 Å². The molecule has 2 aromatic carbocycles. The Hall–Kier alpha value is -2.89. The summed E-state index contributed by atoms with van der Waals surface area (Å²) >= 11 is 0. The van der Waals surface area contributed by atoms with E-state index in [1.165, 1.54) is 16.4 Å². The highest BCUT2D eigenvalue weighted by atomic mass is 32.2. The maximum absolute atomic E-state index is 12.9. The van der Waals surface area contributed by atoms with Crippen LogP contribution in [-0.2, 0) is 20.2 Å². The molecule has 0 bridgehead atoms. The van der Waals surface area contributed by atoms with Crippen LogP contribution in [0.1, 0.15) is 32.3 Å². The molecule has 0 saturated carbocycles. The van der Waals surface area contributed by atoms with Crippen molar-refractivity contribution in [2.24, 2.45) is 0 Å². The van der Waals surface area contributed by atoms with Gasteiger partial charge in [0.2, 0.25) is 16.8 Å². The molecule has 11 heteroatoms. The minimum atomic E-state index is -3.81. The van der Waals surface area contributed by atoms with Gasteiger partial charge < -0.3 is 19.5 Å². The van der Waals surface area contributed by atoms with Crippen LogP contribution in [-0.4, -0.2) is 57.3 Å². The van der Waals surface area contributed by atoms with Crippen LogP contribution in [0.25, 0.3) is 0 Å². The second-order valence-electron chi connectivity index (χ2n) is 8.34. The van der Waals surface area contributed by atoms with Crippen molar-refractivity contribution in [2.75, 3.05) is 45.0 Å². The quantitative estimate of drug-likeness (QED) is 0.418. The molecule has 0 aromatic heterocycles. The third-order valence-corrected chi connectivity index (χ3v) is 8.61. The summed E-state index contributed by atoms with van der Waals surface area (Å²) in [7, 11) is -3.81. The maximum Gasteiger partial charge on any atom is 0.293 e. The number of nitrogens with zero attached hydrogens (tertiary/aromatic N) is 2. The molecule has 0 spiro atoms. The second kappa shape index (κ2) is 9.77. The number of nitrogens with one attached hydrogen (secondary N) is 1. The van der Waals surface area contributed by atoms with E-state index in [1.54, 1.807) is 13.8 Å². The topological polar surface area (TPSA) is 120 Å². The van der Waals surface area contributed by atoms with Crippen LogP contribution in [0.5, 0.6) is 11.5 Å². The van der Waals surface area contributed by atoms with Gasteiger partial charge in [0.1, 0.15) is 5.69 Å². The number of ether oxygens (including phenoxy) is 3. The van der Waals surface area contributed by atoms with Crippen LogP contribution in [0.2, 0.25) is 0 Å². The van der Waals surface area contributed by atoms with Gasteiger partial charge in [-0.1, -0.05) is 19.9 Å². The van der Waals surface area contributed by atoms with Crippen molar-refractivity contribution in [1.82, 2.24) is 4.31 Å². The lowest BCUT2D eigenvalue weighted by Gasteiger charge is -2.38. The molecule has 1 fully saturated rings. The molecule has 0 unspecified atom stereocenters. The highest BCUT2D eigenvalue weighted by Gasteiger charge is 2.36. The van der Waals surface area contributed by atoms with E-state index < -0.39 is 14.9 Å². The molecule has 184 valence electrons. The van der Waals surface area contributed by atoms with Crippen molar-refractivity contribution >= 4 is 21.4 Å². The number of rotatable bonds is 9. The predicted octanol–water partition coefficient (Wildman–Crippen LogP) is 3.51. The number of anilines is 1. The summed E-state index contributed by atoms with van der Waals surface area (Å²) in [5.74, 6) is 1.37. The third-order valence-electron chi connectivity index (χ3n) is 6.56. The molecule has 2 heterocycles. The number of nitro groups is 1. The molecule has 34 heavy (non-hydrogen) atoms. The van der Waals surface area contributed by atoms with Crippen LogP contribution in [0.4, 0.5) is 11.4 Å². The van der Waals surface area contributed by atoms with Crippen molar-refractivity contribution in [3.63, 3.8) is 0 Å². The van der Waals surface area contributed by atoms with Crippen LogP contribution in [0, 0.1) is 10.1 Å². The van der Waals surface area contributed by atoms with Crippen molar-refractivity contribution < 1.29 is 27.6 Å². The summed E-state index contributed by atoms with van der Waals surface area (Å²) in [5.41, 5.74) is 0.700. The Balaban J connectivity index is 1.64. The first kappa shape index (κ1) is 24.2. The fourth-order valence-electron chi connectivity index (χ4n) is 4.51. The Labute approximate surface area is 199 Å². The third kappa shape index (κ3) is 4.55. The lowest BCUT2D eigenvalue weighted by Crippen LogP contribution is -2.40. The van der Waals surface area contributed by atoms with Gasteiger partial charge in [-0.05, 0) is 42.7 Å². The molecule has 2 aliphatic heterocycles. The van der Waals surface area contributed by atoms with E-state index in [-0.39, 0.29) is 41.6 Å². The molecular formula is C23H29N3O7S. The van der Waals surface area contributed by atoms with Gasteiger partial charge in [-0.25, -0.2) is 8.42 Å². The zero-order valence-corrected chi connectivity index (χ0v) is 20.1. The predicted molar refractivity (Wildman–Crippen MR) is 126 cm³/mol. The number of nitro benzene ring substituents is 1. The van der Waals surface area contributed by atoms with Gasteiger partial charge in [0.25, 0.3) is 5.69 Å². The SMILES string of the molecule is CCN(CC)S(=O)(=O)c1ccc(NCC2(c3ccc4c(c3)OCO4)CCOCC2)c([N+](=O)[O-])c1. The zero-order chi connectivity index (χ0) is 24.3. The Kier molecular flexibility index (Phi) is 6.96. The second-order valence-corrected chi connectivity index (χ2v) is 10.3. The summed E-state index contributed by atoms with van der Waals surface area (Å²) < 4.78 is 43.6. The Morgan fingerprint density at radius 1 is 1.06 bits per heavy atom. The van der Waals surface area contributed by atoms with E-state index in [4.69, 9.17) is 14.2 Å². The molecular weight excluding hydrogens is 462 g/mol. The number of sulfonamides is 1. The Morgan fingerprint density at radius 2 is 1.76 bits per heavy atom. The van der Waals surface area contributed by atoms with E-state index >= 15 is 0 Å². The summed E-state index contributed by atoms with van der Waals surface area (Å²) in [5, 5.41) is 15.1. The highest BCUT2D eigenvalue weighted by molar-refractivity contribution is 7.89. The van der Waals surface area contributed by atoms with Crippen LogP contribution < -0.4 is 14.8 Å². The minimum Gasteiger partial charge on any atom is -0.454 e. The van der Waals surface area contributed by atoms with E-state index in [0.717, 1.165) is 24.5 Å². The van der Waals surface area contributed by atoms with Gasteiger partial charge in [0.05, 0.1) is 9.82 Å². The molecule has 1 N–H and O–H groups in total. The molecule has 10 nitrogen and oxygen atoms in total. The normalized spacial score (nSPS) is 17.0. The van der Waals surface area contributed by atoms with Gasteiger partial charge in [-0.3, -0.25) is 10.1 Å². The molecule has 2 aromatic rings. The number of hydrogen-bond acceptors (Lipinski definition) is 8. The minimum absolute atomic E-state index is 0.0926. The molecule has 0 atom stereocenters. The largest absolute Gasteiger partial charge is 0.454 e. The molecule has 4 rings (SSSR count). The number of fused-ring (bicyclic) bond motifs is 1. The molecule has 1 saturated heterocycles. The molecule has 0 aliphatic carbocycles. The smallest absolute Gasteiger partial charge is 0.293 e. The van der Waals surface area contributed by atoms with Crippen molar-refractivity contribution in [3.05, 3.63) is 52.1 Å². The first-order valence-corrected chi connectivity index (χ1v) is 12.7. The van der Waals surface area contributed by atoms with Crippen molar-refractivity contribution in [1.29, 1.82) is 0 Å². The van der Waals surface area contributed by atoms with Gasteiger partial charge in [0.15, 0.2) is 11.5 Å². The van der Waals surface area contributed by atoms with E-state index in [9.17, 15) is 18.5 Å². The molecule has 2 aliphatic rings. The van der Waals surface area contributed by atoms with Gasteiger partial charge in [-0.2, -0.15) is 4.31 Å². The standard InChI is InChI=1S/C23H29N3O7S/c1-3-25(4-2)34(29,30)18-6-7-19(20(14-18)26(27)28)24-15-23(9-11-31-12-10-23)17-5-8-21-22(13-17)33-16-32-21/h5-8,13-14,24H,3-4,9-12,15-16H2,1-2H3. The summed E-state index contributed by atoms with van der Waals surface area (Å²) in [6.45, 7) is 5.77. The lowest BCUT2D eigenvalue weighted by atomic mass is 9.74. The van der Waals surface area contributed by atoms with Crippen LogP contribution in [0.3, 0.4) is 0 Å². The molecule has 0 radical (unpaired) electrons. The van der Waals surface area contributed by atoms with Gasteiger partial charge in [0, 0.05) is 44.3 Å². The van der Waals surface area contributed by atoms with Crippen molar-refractivity contribution in [3.8, 4) is 11.5 Å². The summed E-state index contributed by atoms with van der Waals surface area (Å²) in [6, 6.07) is 9.86. The van der Waals surface area contributed by atoms with Gasteiger partial charge >= 0.3 is 0 Å². The maximum atomic E-state index is 12.9. The Morgan fingerprint density at radius 3 is 2.44 bits per heavy atom.